The molecule has 124 valence electrons. The average molecular weight is 323 g/mol. The lowest BCUT2D eigenvalue weighted by atomic mass is 10.0. The second kappa shape index (κ2) is 6.59. The van der Waals surface area contributed by atoms with Gasteiger partial charge in [0.2, 0.25) is 0 Å². The Bertz CT molecular complexity index is 795. The number of para-hydroxylation sites is 1. The van der Waals surface area contributed by atoms with E-state index >= 15 is 0 Å². The normalized spacial score (nSPS) is 21.0. The molecule has 0 spiro atoms. The minimum atomic E-state index is 0.187. The van der Waals surface area contributed by atoms with Gasteiger partial charge in [0.1, 0.15) is 5.69 Å². The lowest BCUT2D eigenvalue weighted by molar-refractivity contribution is 0.0365. The zero-order valence-corrected chi connectivity index (χ0v) is 13.7. The largest absolute Gasteiger partial charge is 0.379 e. The summed E-state index contributed by atoms with van der Waals surface area (Å²) in [5, 5.41) is 7.94. The summed E-state index contributed by atoms with van der Waals surface area (Å²) in [4.78, 5) is 4.61. The zero-order valence-electron chi connectivity index (χ0n) is 13.7. The third-order valence-electron chi connectivity index (χ3n) is 4.59. The van der Waals surface area contributed by atoms with Crippen molar-refractivity contribution >= 4 is 0 Å². The number of imidazole rings is 1. The van der Waals surface area contributed by atoms with Gasteiger partial charge in [-0.1, -0.05) is 18.2 Å². The minimum absolute atomic E-state index is 0.187. The van der Waals surface area contributed by atoms with Gasteiger partial charge in [0.15, 0.2) is 5.82 Å². The number of ether oxygens (including phenoxy) is 1. The Labute approximate surface area is 141 Å². The number of hydrogen-bond acceptors (Lipinski definition) is 4. The first kappa shape index (κ1) is 15.1. The summed E-state index contributed by atoms with van der Waals surface area (Å²) in [5.74, 6) is 0.909. The number of methoxy groups -OCH3 is 1. The molecule has 6 heteroatoms. The molecule has 0 saturated carbocycles. The lowest BCUT2D eigenvalue weighted by Crippen LogP contribution is -2.42. The van der Waals surface area contributed by atoms with Gasteiger partial charge in [-0.15, -0.1) is 0 Å². The molecule has 1 saturated heterocycles. The van der Waals surface area contributed by atoms with Crippen LogP contribution in [-0.4, -0.2) is 45.6 Å². The number of aromatic nitrogens is 4. The van der Waals surface area contributed by atoms with Crippen molar-refractivity contribution in [1.82, 2.24) is 24.6 Å². The van der Waals surface area contributed by atoms with Crippen LogP contribution in [0.15, 0.2) is 55.0 Å². The van der Waals surface area contributed by atoms with Crippen LogP contribution in [0.1, 0.15) is 12.5 Å². The molecule has 2 aromatic heterocycles. The quantitative estimate of drug-likeness (QED) is 0.800. The molecule has 0 amide bonds. The van der Waals surface area contributed by atoms with Gasteiger partial charge in [-0.2, -0.15) is 5.10 Å². The first-order valence-corrected chi connectivity index (χ1v) is 8.24. The fraction of sp³-hybridized carbons (Fsp3) is 0.333. The molecule has 1 aliphatic heterocycles. The summed E-state index contributed by atoms with van der Waals surface area (Å²) in [6, 6.07) is 12.3. The van der Waals surface area contributed by atoms with Crippen LogP contribution in [0.2, 0.25) is 0 Å². The van der Waals surface area contributed by atoms with Crippen molar-refractivity contribution in [2.24, 2.45) is 0 Å². The molecule has 1 N–H and O–H groups in total. The van der Waals surface area contributed by atoms with Crippen molar-refractivity contribution in [3.8, 4) is 17.2 Å². The number of piperidine rings is 1. The van der Waals surface area contributed by atoms with Crippen molar-refractivity contribution in [2.75, 3.05) is 20.2 Å². The van der Waals surface area contributed by atoms with Gasteiger partial charge in [0.25, 0.3) is 0 Å². The van der Waals surface area contributed by atoms with Crippen LogP contribution in [0.5, 0.6) is 0 Å². The molecule has 3 heterocycles. The van der Waals surface area contributed by atoms with Crippen LogP contribution in [0.3, 0.4) is 0 Å². The smallest absolute Gasteiger partial charge is 0.159 e. The average Bonchev–Trinajstić information content (AvgIpc) is 3.31. The fourth-order valence-electron chi connectivity index (χ4n) is 3.40. The van der Waals surface area contributed by atoms with E-state index in [0.29, 0.717) is 0 Å². The number of benzene rings is 1. The van der Waals surface area contributed by atoms with Crippen LogP contribution < -0.4 is 5.32 Å². The Hall–Kier alpha value is -2.44. The van der Waals surface area contributed by atoms with Crippen LogP contribution in [0, 0.1) is 0 Å². The van der Waals surface area contributed by atoms with E-state index in [0.717, 1.165) is 36.7 Å². The topological polar surface area (TPSA) is 56.9 Å². The molecule has 1 fully saturated rings. The number of rotatable bonds is 4. The third-order valence-corrected chi connectivity index (χ3v) is 4.59. The highest BCUT2D eigenvalue weighted by Crippen LogP contribution is 2.27. The van der Waals surface area contributed by atoms with Gasteiger partial charge in [0.05, 0.1) is 24.0 Å². The van der Waals surface area contributed by atoms with Gasteiger partial charge in [-0.05, 0) is 31.2 Å². The molecule has 0 aliphatic carbocycles. The molecule has 1 aliphatic rings. The molecule has 24 heavy (non-hydrogen) atoms. The molecule has 2 atom stereocenters. The highest BCUT2D eigenvalue weighted by atomic mass is 16.5. The van der Waals surface area contributed by atoms with E-state index in [4.69, 9.17) is 4.74 Å². The van der Waals surface area contributed by atoms with Crippen molar-refractivity contribution in [3.63, 3.8) is 0 Å². The van der Waals surface area contributed by atoms with Gasteiger partial charge in [0, 0.05) is 26.0 Å². The monoisotopic (exact) mass is 323 g/mol. The maximum absolute atomic E-state index is 5.70. The van der Waals surface area contributed by atoms with E-state index in [1.807, 2.05) is 59.7 Å². The number of hydrogen-bond donors (Lipinski definition) is 1. The molecule has 4 rings (SSSR count). The predicted molar refractivity (Wildman–Crippen MR) is 92.1 cm³/mol. The Morgan fingerprint density at radius 3 is 2.88 bits per heavy atom. The van der Waals surface area contributed by atoms with E-state index in [2.05, 4.69) is 20.0 Å². The second-order valence-electron chi connectivity index (χ2n) is 5.96. The van der Waals surface area contributed by atoms with Crippen molar-refractivity contribution < 1.29 is 4.74 Å². The van der Waals surface area contributed by atoms with E-state index in [-0.39, 0.29) is 12.1 Å². The molecular weight excluding hydrogens is 302 g/mol. The van der Waals surface area contributed by atoms with Crippen LogP contribution in [0.25, 0.3) is 17.2 Å². The minimum Gasteiger partial charge on any atom is -0.379 e. The summed E-state index contributed by atoms with van der Waals surface area (Å²) < 4.78 is 9.84. The van der Waals surface area contributed by atoms with Crippen molar-refractivity contribution in [3.05, 3.63) is 55.0 Å². The Balaban J connectivity index is 1.75. The molecule has 3 aromatic rings. The third kappa shape index (κ3) is 2.64. The SMILES string of the molecule is CO[C@H]1CCNC[C@H]1n1ccnc1-c1ccnn1-c1ccccc1. The molecule has 6 nitrogen and oxygen atoms in total. The van der Waals surface area contributed by atoms with Gasteiger partial charge in [-0.25, -0.2) is 9.67 Å². The van der Waals surface area contributed by atoms with E-state index < -0.39 is 0 Å². The predicted octanol–water partition coefficient (Wildman–Crippen LogP) is 2.29. The molecule has 0 unspecified atom stereocenters. The van der Waals surface area contributed by atoms with E-state index in [1.165, 1.54) is 0 Å². The van der Waals surface area contributed by atoms with Crippen LogP contribution in [-0.2, 0) is 4.74 Å². The molecule has 1 aromatic carbocycles. The van der Waals surface area contributed by atoms with Crippen molar-refractivity contribution in [1.29, 1.82) is 0 Å². The maximum Gasteiger partial charge on any atom is 0.159 e. The van der Waals surface area contributed by atoms with Gasteiger partial charge < -0.3 is 14.6 Å². The summed E-state index contributed by atoms with van der Waals surface area (Å²) in [6.07, 6.45) is 6.87. The summed E-state index contributed by atoms with van der Waals surface area (Å²) in [6.45, 7) is 1.86. The zero-order chi connectivity index (χ0) is 16.4. The first-order chi connectivity index (χ1) is 11.9. The Morgan fingerprint density at radius 1 is 1.17 bits per heavy atom. The van der Waals surface area contributed by atoms with Gasteiger partial charge >= 0.3 is 0 Å². The first-order valence-electron chi connectivity index (χ1n) is 8.24. The van der Waals surface area contributed by atoms with E-state index in [1.54, 1.807) is 7.11 Å². The van der Waals surface area contributed by atoms with Crippen LogP contribution in [0.4, 0.5) is 0 Å². The summed E-state index contributed by atoms with van der Waals surface area (Å²) in [5.41, 5.74) is 2.00. The summed E-state index contributed by atoms with van der Waals surface area (Å²) >= 11 is 0. The van der Waals surface area contributed by atoms with Crippen LogP contribution >= 0.6 is 0 Å². The lowest BCUT2D eigenvalue weighted by Gasteiger charge is -2.32. The number of nitrogens with zero attached hydrogens (tertiary/aromatic N) is 4. The second-order valence-corrected chi connectivity index (χ2v) is 5.96. The molecule has 0 bridgehead atoms. The standard InChI is InChI=1S/C18H21N5O/c1-24-17-8-9-19-13-16(17)22-12-11-20-18(22)15-7-10-21-23(15)14-5-3-2-4-6-14/h2-7,10-12,16-17,19H,8-9,13H2,1H3/t16-,17+/m1/s1. The van der Waals surface area contributed by atoms with Gasteiger partial charge in [-0.3, -0.25) is 0 Å². The highest BCUT2D eigenvalue weighted by Gasteiger charge is 2.28. The van der Waals surface area contributed by atoms with Crippen molar-refractivity contribution in [2.45, 2.75) is 18.6 Å². The van der Waals surface area contributed by atoms with E-state index in [9.17, 15) is 0 Å². The Kier molecular flexibility index (Phi) is 4.15. The molecular formula is C18H21N5O. The number of nitrogens with one attached hydrogen (secondary N) is 1. The highest BCUT2D eigenvalue weighted by molar-refractivity contribution is 5.54. The molecule has 0 radical (unpaired) electrons. The Morgan fingerprint density at radius 2 is 2.04 bits per heavy atom. The maximum atomic E-state index is 5.70. The fourth-order valence-corrected chi connectivity index (χ4v) is 3.40. The summed E-state index contributed by atoms with van der Waals surface area (Å²) in [7, 11) is 1.79.